The molecule has 2 unspecified atom stereocenters. The summed E-state index contributed by atoms with van der Waals surface area (Å²) < 4.78 is 17.9. The van der Waals surface area contributed by atoms with Crippen molar-refractivity contribution in [3.05, 3.63) is 53.6 Å². The largest absolute Gasteiger partial charge is 0.491 e. The fraction of sp³-hybridized carbons (Fsp3) is 0.391. The van der Waals surface area contributed by atoms with Gasteiger partial charge in [-0.3, -0.25) is 4.79 Å². The van der Waals surface area contributed by atoms with Crippen LogP contribution >= 0.6 is 0 Å². The van der Waals surface area contributed by atoms with Crippen LogP contribution in [0.4, 0.5) is 15.8 Å². The Morgan fingerprint density at radius 3 is 2.66 bits per heavy atom. The van der Waals surface area contributed by atoms with Crippen LogP contribution in [0, 0.1) is 17.2 Å². The predicted molar refractivity (Wildman–Crippen MR) is 110 cm³/mol. The molecule has 0 aromatic heterocycles. The van der Waals surface area contributed by atoms with Crippen molar-refractivity contribution in [1.82, 2.24) is 0 Å². The van der Waals surface area contributed by atoms with E-state index >= 15 is 0 Å². The second kappa shape index (κ2) is 8.12. The van der Waals surface area contributed by atoms with E-state index in [0.717, 1.165) is 41.9 Å². The Kier molecular flexibility index (Phi) is 5.39. The van der Waals surface area contributed by atoms with Crippen LogP contribution in [0.3, 0.4) is 0 Å². The lowest BCUT2D eigenvalue weighted by Gasteiger charge is -2.28. The van der Waals surface area contributed by atoms with E-state index in [2.05, 4.69) is 23.2 Å². The molecule has 1 N–H and O–H groups in total. The van der Waals surface area contributed by atoms with Gasteiger partial charge in [-0.1, -0.05) is 18.2 Å². The lowest BCUT2D eigenvalue weighted by Crippen LogP contribution is -2.26. The molecule has 2 aromatic carbocycles. The number of benzene rings is 2. The third kappa shape index (κ3) is 3.77. The summed E-state index contributed by atoms with van der Waals surface area (Å²) >= 11 is 0. The van der Waals surface area contributed by atoms with E-state index in [0.29, 0.717) is 5.75 Å². The molecule has 29 heavy (non-hydrogen) atoms. The van der Waals surface area contributed by atoms with Crippen molar-refractivity contribution in [2.24, 2.45) is 5.92 Å². The topological polar surface area (TPSA) is 65.4 Å². The SMILES string of the molecule is CCN1c2cc(OCCF)ccc2C(C#N)C1c1ccc(NC(=O)C2CC2)cc1. The van der Waals surface area contributed by atoms with Crippen LogP contribution < -0.4 is 15.0 Å². The molecule has 1 heterocycles. The lowest BCUT2D eigenvalue weighted by atomic mass is 9.91. The van der Waals surface area contributed by atoms with Crippen LogP contribution in [-0.4, -0.2) is 25.7 Å². The Bertz CT molecular complexity index is 934. The Labute approximate surface area is 170 Å². The van der Waals surface area contributed by atoms with Crippen molar-refractivity contribution in [2.75, 3.05) is 30.0 Å². The zero-order chi connectivity index (χ0) is 20.4. The van der Waals surface area contributed by atoms with Gasteiger partial charge in [0, 0.05) is 29.9 Å². The molecule has 1 amide bonds. The molecule has 1 saturated carbocycles. The number of nitrogens with zero attached hydrogens (tertiary/aromatic N) is 2. The quantitative estimate of drug-likeness (QED) is 0.748. The first kappa shape index (κ1) is 19.3. The molecule has 0 spiro atoms. The summed E-state index contributed by atoms with van der Waals surface area (Å²) in [5, 5.41) is 12.8. The number of anilines is 2. The van der Waals surface area contributed by atoms with Crippen LogP contribution in [0.1, 0.15) is 42.9 Å². The van der Waals surface area contributed by atoms with E-state index in [1.54, 1.807) is 6.07 Å². The van der Waals surface area contributed by atoms with Crippen LogP contribution in [-0.2, 0) is 4.79 Å². The number of nitriles is 1. The second-order valence-corrected chi connectivity index (χ2v) is 7.48. The monoisotopic (exact) mass is 393 g/mol. The minimum absolute atomic E-state index is 0.0179. The highest BCUT2D eigenvalue weighted by atomic mass is 19.1. The number of carbonyl (C=O) groups excluding carboxylic acids is 1. The van der Waals surface area contributed by atoms with E-state index < -0.39 is 6.67 Å². The molecule has 4 rings (SSSR count). The number of alkyl halides is 1. The fourth-order valence-electron chi connectivity index (χ4n) is 4.01. The Balaban J connectivity index is 1.60. The molecular weight excluding hydrogens is 369 g/mol. The number of nitrogens with one attached hydrogen (secondary N) is 1. The van der Waals surface area contributed by atoms with Crippen LogP contribution in [0.5, 0.6) is 5.75 Å². The lowest BCUT2D eigenvalue weighted by molar-refractivity contribution is -0.117. The average molecular weight is 393 g/mol. The third-order valence-electron chi connectivity index (χ3n) is 5.59. The highest BCUT2D eigenvalue weighted by Gasteiger charge is 2.39. The highest BCUT2D eigenvalue weighted by molar-refractivity contribution is 5.94. The van der Waals surface area contributed by atoms with Gasteiger partial charge in [0.1, 0.15) is 19.0 Å². The van der Waals surface area contributed by atoms with E-state index in [1.165, 1.54) is 0 Å². The molecule has 1 fully saturated rings. The molecule has 6 heteroatoms. The molecule has 1 aliphatic carbocycles. The zero-order valence-electron chi connectivity index (χ0n) is 16.4. The van der Waals surface area contributed by atoms with Gasteiger partial charge in [0.25, 0.3) is 0 Å². The minimum atomic E-state index is -0.540. The maximum atomic E-state index is 12.5. The summed E-state index contributed by atoms with van der Waals surface area (Å²) in [6, 6.07) is 15.7. The van der Waals surface area contributed by atoms with Gasteiger partial charge in [0.2, 0.25) is 5.91 Å². The molecular formula is C23H24FN3O2. The standard InChI is InChI=1S/C23H24FN3O2/c1-2-27-21-13-18(29-12-11-24)9-10-19(21)20(14-25)22(27)15-5-7-17(8-6-15)26-23(28)16-3-4-16/h5-10,13,16,20,22H,2-4,11-12H2,1H3,(H,26,28). The maximum Gasteiger partial charge on any atom is 0.227 e. The Morgan fingerprint density at radius 2 is 2.03 bits per heavy atom. The predicted octanol–water partition coefficient (Wildman–Crippen LogP) is 4.57. The maximum absolute atomic E-state index is 12.5. The Morgan fingerprint density at radius 1 is 1.28 bits per heavy atom. The van der Waals surface area contributed by atoms with Gasteiger partial charge in [0.05, 0.1) is 18.0 Å². The van der Waals surface area contributed by atoms with Gasteiger partial charge in [-0.25, -0.2) is 4.39 Å². The summed E-state index contributed by atoms with van der Waals surface area (Å²) in [7, 11) is 0. The molecule has 150 valence electrons. The van der Waals surface area contributed by atoms with Crippen LogP contribution in [0.2, 0.25) is 0 Å². The molecule has 1 aliphatic heterocycles. The van der Waals surface area contributed by atoms with Gasteiger partial charge < -0.3 is 15.0 Å². The number of amides is 1. The number of hydrogen-bond acceptors (Lipinski definition) is 4. The number of halogens is 1. The number of rotatable bonds is 7. The first-order valence-corrected chi connectivity index (χ1v) is 10.1. The molecule has 0 radical (unpaired) electrons. The molecule has 2 aromatic rings. The second-order valence-electron chi connectivity index (χ2n) is 7.48. The van der Waals surface area contributed by atoms with E-state index in [-0.39, 0.29) is 30.4 Å². The third-order valence-corrected chi connectivity index (χ3v) is 5.59. The molecule has 2 atom stereocenters. The number of likely N-dealkylation sites (N-methyl/N-ethyl adjacent to an activating group) is 1. The number of ether oxygens (including phenoxy) is 1. The van der Waals surface area contributed by atoms with Crippen molar-refractivity contribution >= 4 is 17.3 Å². The van der Waals surface area contributed by atoms with Crippen molar-refractivity contribution in [3.63, 3.8) is 0 Å². The smallest absolute Gasteiger partial charge is 0.227 e. The highest BCUT2D eigenvalue weighted by Crippen LogP contribution is 2.49. The normalized spacial score (nSPS) is 20.1. The summed E-state index contributed by atoms with van der Waals surface area (Å²) in [6.07, 6.45) is 1.94. The molecule has 2 aliphatic rings. The van der Waals surface area contributed by atoms with E-state index in [1.807, 2.05) is 36.4 Å². The summed E-state index contributed by atoms with van der Waals surface area (Å²) in [6.45, 7) is 2.25. The van der Waals surface area contributed by atoms with Gasteiger partial charge in [-0.2, -0.15) is 5.26 Å². The van der Waals surface area contributed by atoms with Crippen molar-refractivity contribution < 1.29 is 13.9 Å². The average Bonchev–Trinajstić information content (AvgIpc) is 3.55. The summed E-state index contributed by atoms with van der Waals surface area (Å²) in [5.41, 5.74) is 3.70. The summed E-state index contributed by atoms with van der Waals surface area (Å²) in [5.74, 6) is 0.533. The molecule has 0 bridgehead atoms. The molecule has 0 saturated heterocycles. The number of carbonyl (C=O) groups is 1. The zero-order valence-corrected chi connectivity index (χ0v) is 16.4. The van der Waals surface area contributed by atoms with Crippen molar-refractivity contribution in [1.29, 1.82) is 5.26 Å². The fourth-order valence-corrected chi connectivity index (χ4v) is 4.01. The number of hydrogen-bond donors (Lipinski definition) is 1. The van der Waals surface area contributed by atoms with E-state index in [4.69, 9.17) is 4.74 Å². The first-order chi connectivity index (χ1) is 14.2. The van der Waals surface area contributed by atoms with Gasteiger partial charge in [0.15, 0.2) is 0 Å². The van der Waals surface area contributed by atoms with Gasteiger partial charge in [-0.15, -0.1) is 0 Å². The minimum Gasteiger partial charge on any atom is -0.491 e. The van der Waals surface area contributed by atoms with E-state index in [9.17, 15) is 14.4 Å². The van der Waals surface area contributed by atoms with Crippen molar-refractivity contribution in [2.45, 2.75) is 31.7 Å². The van der Waals surface area contributed by atoms with Gasteiger partial charge in [-0.05, 0) is 49.1 Å². The van der Waals surface area contributed by atoms with Crippen LogP contribution in [0.15, 0.2) is 42.5 Å². The van der Waals surface area contributed by atoms with Gasteiger partial charge >= 0.3 is 0 Å². The Hall–Kier alpha value is -3.07. The molecule has 5 nitrogen and oxygen atoms in total. The number of fused-ring (bicyclic) bond motifs is 1. The van der Waals surface area contributed by atoms with Crippen LogP contribution in [0.25, 0.3) is 0 Å². The van der Waals surface area contributed by atoms with Crippen molar-refractivity contribution in [3.8, 4) is 11.8 Å². The first-order valence-electron chi connectivity index (χ1n) is 10.1. The summed E-state index contributed by atoms with van der Waals surface area (Å²) in [4.78, 5) is 14.2.